The summed E-state index contributed by atoms with van der Waals surface area (Å²) in [4.78, 5) is 37.8. The van der Waals surface area contributed by atoms with Gasteiger partial charge in [-0.15, -0.1) is 0 Å². The van der Waals surface area contributed by atoms with Gasteiger partial charge in [0.2, 0.25) is 17.6 Å². The number of thiazole rings is 1. The highest BCUT2D eigenvalue weighted by atomic mass is 32.1. The molecule has 0 aliphatic carbocycles. The van der Waals surface area contributed by atoms with Gasteiger partial charge in [-0.2, -0.15) is 4.98 Å². The van der Waals surface area contributed by atoms with Crippen LogP contribution in [0, 0.1) is 13.8 Å². The third-order valence-electron chi connectivity index (χ3n) is 4.86. The molecule has 10 nitrogen and oxygen atoms in total. The van der Waals surface area contributed by atoms with E-state index in [4.69, 9.17) is 9.26 Å². The van der Waals surface area contributed by atoms with Crippen molar-refractivity contribution in [1.82, 2.24) is 20.1 Å². The Morgan fingerprint density at radius 3 is 2.79 bits per heavy atom. The predicted molar refractivity (Wildman–Crippen MR) is 129 cm³/mol. The molecule has 0 atom stereocenters. The van der Waals surface area contributed by atoms with Crippen LogP contribution in [-0.2, 0) is 9.53 Å². The Hall–Kier alpha value is -3.86. The summed E-state index contributed by atoms with van der Waals surface area (Å²) in [6.07, 6.45) is 2.64. The number of pyridine rings is 1. The van der Waals surface area contributed by atoms with Gasteiger partial charge in [-0.1, -0.05) is 35.5 Å². The maximum absolute atomic E-state index is 12.4. The Morgan fingerprint density at radius 1 is 1.18 bits per heavy atom. The van der Waals surface area contributed by atoms with Crippen LogP contribution in [-0.4, -0.2) is 45.1 Å². The molecule has 0 aliphatic heterocycles. The van der Waals surface area contributed by atoms with Crippen molar-refractivity contribution in [3.05, 3.63) is 46.9 Å². The molecule has 0 fully saturated rings. The smallest absolute Gasteiger partial charge is 0.350 e. The first-order chi connectivity index (χ1) is 16.4. The second kappa shape index (κ2) is 10.4. The summed E-state index contributed by atoms with van der Waals surface area (Å²) in [6, 6.07) is 7.73. The maximum atomic E-state index is 12.4. The van der Waals surface area contributed by atoms with Gasteiger partial charge < -0.3 is 19.9 Å². The quantitative estimate of drug-likeness (QED) is 0.335. The SMILES string of the molecule is CCCOC(=O)c1sc(NC(=O)CCNc2nccc3ccc(-c4noc(C)n4)cc23)nc1C. The van der Waals surface area contributed by atoms with Gasteiger partial charge in [0.1, 0.15) is 10.7 Å². The molecule has 2 N–H and O–H groups in total. The minimum atomic E-state index is -0.420. The molecular formula is C23H24N6O4S. The van der Waals surface area contributed by atoms with Crippen LogP contribution in [0.25, 0.3) is 22.2 Å². The fourth-order valence-electron chi connectivity index (χ4n) is 3.24. The highest BCUT2D eigenvalue weighted by molar-refractivity contribution is 7.17. The number of aromatic nitrogens is 4. The average molecular weight is 481 g/mol. The Bertz CT molecular complexity index is 1330. The molecule has 0 aliphatic rings. The molecule has 1 aromatic carbocycles. The first-order valence-electron chi connectivity index (χ1n) is 10.8. The van der Waals surface area contributed by atoms with Gasteiger partial charge in [-0.25, -0.2) is 14.8 Å². The molecule has 0 unspecified atom stereocenters. The number of benzene rings is 1. The van der Waals surface area contributed by atoms with Crippen LogP contribution >= 0.6 is 11.3 Å². The van der Waals surface area contributed by atoms with Crippen LogP contribution in [0.2, 0.25) is 0 Å². The molecule has 3 heterocycles. The number of aryl methyl sites for hydroxylation is 2. The van der Waals surface area contributed by atoms with E-state index in [1.807, 2.05) is 31.2 Å². The summed E-state index contributed by atoms with van der Waals surface area (Å²) in [7, 11) is 0. The van der Waals surface area contributed by atoms with Gasteiger partial charge in [-0.05, 0) is 30.9 Å². The number of anilines is 2. The number of nitrogens with one attached hydrogen (secondary N) is 2. The van der Waals surface area contributed by atoms with Crippen molar-refractivity contribution in [1.29, 1.82) is 0 Å². The van der Waals surface area contributed by atoms with Gasteiger partial charge in [-0.3, -0.25) is 4.79 Å². The number of esters is 1. The van der Waals surface area contributed by atoms with E-state index < -0.39 is 5.97 Å². The molecule has 11 heteroatoms. The lowest BCUT2D eigenvalue weighted by molar-refractivity contribution is -0.115. The van der Waals surface area contributed by atoms with E-state index in [1.165, 1.54) is 0 Å². The van der Waals surface area contributed by atoms with E-state index in [-0.39, 0.29) is 12.3 Å². The Labute approximate surface area is 199 Å². The molecule has 34 heavy (non-hydrogen) atoms. The van der Waals surface area contributed by atoms with Crippen LogP contribution < -0.4 is 10.6 Å². The van der Waals surface area contributed by atoms with E-state index in [0.29, 0.717) is 46.4 Å². The van der Waals surface area contributed by atoms with Crippen molar-refractivity contribution in [3.8, 4) is 11.4 Å². The zero-order valence-electron chi connectivity index (χ0n) is 19.0. The zero-order chi connectivity index (χ0) is 24.1. The highest BCUT2D eigenvalue weighted by Crippen LogP contribution is 2.27. The molecule has 0 saturated carbocycles. The first-order valence-corrected chi connectivity index (χ1v) is 11.6. The number of carbonyl (C=O) groups excluding carboxylic acids is 2. The minimum Gasteiger partial charge on any atom is -0.461 e. The number of fused-ring (bicyclic) bond motifs is 1. The number of rotatable bonds is 9. The van der Waals surface area contributed by atoms with Crippen LogP contribution in [0.3, 0.4) is 0 Å². The molecule has 0 saturated heterocycles. The molecule has 0 bridgehead atoms. The van der Waals surface area contributed by atoms with Crippen molar-refractivity contribution in [2.75, 3.05) is 23.8 Å². The number of hydrogen-bond acceptors (Lipinski definition) is 10. The largest absolute Gasteiger partial charge is 0.461 e. The first kappa shape index (κ1) is 23.3. The van der Waals surface area contributed by atoms with Gasteiger partial charge in [0.15, 0.2) is 5.13 Å². The van der Waals surface area contributed by atoms with E-state index in [9.17, 15) is 9.59 Å². The van der Waals surface area contributed by atoms with Crippen molar-refractivity contribution in [3.63, 3.8) is 0 Å². The van der Waals surface area contributed by atoms with Crippen molar-refractivity contribution >= 4 is 44.9 Å². The summed E-state index contributed by atoms with van der Waals surface area (Å²) < 4.78 is 10.2. The Morgan fingerprint density at radius 2 is 2.03 bits per heavy atom. The van der Waals surface area contributed by atoms with Gasteiger partial charge in [0, 0.05) is 37.0 Å². The standard InChI is InChI=1S/C23H24N6O4S/c1-4-11-32-22(31)19-13(2)26-23(34-19)28-18(30)8-10-25-21-17-12-16(20-27-14(3)33-29-20)6-5-15(17)7-9-24-21/h5-7,9,12H,4,8,10-11H2,1-3H3,(H,24,25)(H,26,28,30). The van der Waals surface area contributed by atoms with Gasteiger partial charge >= 0.3 is 5.97 Å². The van der Waals surface area contributed by atoms with Crippen molar-refractivity contribution in [2.24, 2.45) is 0 Å². The molecule has 4 rings (SSSR count). The summed E-state index contributed by atoms with van der Waals surface area (Å²) >= 11 is 1.11. The second-order valence-corrected chi connectivity index (χ2v) is 8.53. The molecule has 1 amide bonds. The van der Waals surface area contributed by atoms with Crippen LogP contribution in [0.15, 0.2) is 35.0 Å². The number of amides is 1. The monoisotopic (exact) mass is 480 g/mol. The third-order valence-corrected chi connectivity index (χ3v) is 5.91. The van der Waals surface area contributed by atoms with Gasteiger partial charge in [0.25, 0.3) is 0 Å². The van der Waals surface area contributed by atoms with Crippen LogP contribution in [0.1, 0.15) is 41.0 Å². The van der Waals surface area contributed by atoms with Crippen LogP contribution in [0.4, 0.5) is 10.9 Å². The summed E-state index contributed by atoms with van der Waals surface area (Å²) in [6.45, 7) is 6.09. The Kier molecular flexibility index (Phi) is 7.12. The fraction of sp³-hybridized carbons (Fsp3) is 0.304. The normalized spacial score (nSPS) is 10.9. The molecular weight excluding hydrogens is 456 g/mol. The molecule has 3 aromatic heterocycles. The topological polar surface area (TPSA) is 132 Å². The lowest BCUT2D eigenvalue weighted by Crippen LogP contribution is -2.16. The number of nitrogens with zero attached hydrogens (tertiary/aromatic N) is 4. The number of hydrogen-bond donors (Lipinski definition) is 2. The van der Waals surface area contributed by atoms with Crippen LogP contribution in [0.5, 0.6) is 0 Å². The maximum Gasteiger partial charge on any atom is 0.350 e. The van der Waals surface area contributed by atoms with E-state index in [1.54, 1.807) is 20.0 Å². The molecule has 0 radical (unpaired) electrons. The lowest BCUT2D eigenvalue weighted by Gasteiger charge is -2.09. The van der Waals surface area contributed by atoms with Gasteiger partial charge in [0.05, 0.1) is 12.3 Å². The average Bonchev–Trinajstić information content (AvgIpc) is 3.42. The van der Waals surface area contributed by atoms with Crippen molar-refractivity contribution in [2.45, 2.75) is 33.6 Å². The van der Waals surface area contributed by atoms with E-state index >= 15 is 0 Å². The third kappa shape index (κ3) is 5.37. The molecule has 176 valence electrons. The van der Waals surface area contributed by atoms with E-state index in [0.717, 1.165) is 34.1 Å². The lowest BCUT2D eigenvalue weighted by atomic mass is 10.1. The molecule has 0 spiro atoms. The minimum absolute atomic E-state index is 0.191. The molecule has 4 aromatic rings. The summed E-state index contributed by atoms with van der Waals surface area (Å²) in [5.74, 6) is 1.00. The number of carbonyl (C=O) groups is 2. The summed E-state index contributed by atoms with van der Waals surface area (Å²) in [5, 5.41) is 12.2. The number of ether oxygens (including phenoxy) is 1. The van der Waals surface area contributed by atoms with E-state index in [2.05, 4.69) is 30.7 Å². The zero-order valence-corrected chi connectivity index (χ0v) is 19.9. The Balaban J connectivity index is 1.38. The summed E-state index contributed by atoms with van der Waals surface area (Å²) in [5.41, 5.74) is 1.35. The predicted octanol–water partition coefficient (Wildman–Crippen LogP) is 4.37. The fourth-order valence-corrected chi connectivity index (χ4v) is 4.12. The second-order valence-electron chi connectivity index (χ2n) is 7.53. The highest BCUT2D eigenvalue weighted by Gasteiger charge is 2.18. The van der Waals surface area contributed by atoms with Crippen molar-refractivity contribution < 1.29 is 18.8 Å².